The standard InChI is InChI=1S/C15H21BrN2O3/c16-12-8-11(9-14-15(12)21-7-6-20-14)13(10-17)18-2-1-4-19-5-3-18/h8-9,13H,1-7,10,17H2. The van der Waals surface area contributed by atoms with Crippen molar-refractivity contribution >= 4 is 15.9 Å². The average molecular weight is 357 g/mol. The SMILES string of the molecule is NCC(c1cc(Br)c2c(c1)OCCO2)N1CCCOCC1. The molecule has 0 aliphatic carbocycles. The highest BCUT2D eigenvalue weighted by molar-refractivity contribution is 9.10. The molecule has 2 aliphatic rings. The van der Waals surface area contributed by atoms with Gasteiger partial charge in [-0.25, -0.2) is 0 Å². The number of nitrogens with two attached hydrogens (primary N) is 1. The van der Waals surface area contributed by atoms with E-state index in [-0.39, 0.29) is 6.04 Å². The van der Waals surface area contributed by atoms with Crippen molar-refractivity contribution in [2.24, 2.45) is 5.73 Å². The molecule has 1 aromatic carbocycles. The van der Waals surface area contributed by atoms with Crippen LogP contribution in [-0.2, 0) is 4.74 Å². The summed E-state index contributed by atoms with van der Waals surface area (Å²) in [6.07, 6.45) is 1.04. The molecule has 0 saturated carbocycles. The van der Waals surface area contributed by atoms with Gasteiger partial charge in [0, 0.05) is 32.3 Å². The third kappa shape index (κ3) is 3.34. The van der Waals surface area contributed by atoms with Crippen LogP contribution in [0, 0.1) is 0 Å². The molecule has 6 heteroatoms. The van der Waals surface area contributed by atoms with Crippen molar-refractivity contribution in [1.82, 2.24) is 4.90 Å². The number of rotatable bonds is 3. The van der Waals surface area contributed by atoms with Crippen LogP contribution < -0.4 is 15.2 Å². The van der Waals surface area contributed by atoms with E-state index in [1.165, 1.54) is 0 Å². The topological polar surface area (TPSA) is 57.0 Å². The summed E-state index contributed by atoms with van der Waals surface area (Å²) in [6, 6.07) is 4.33. The van der Waals surface area contributed by atoms with Gasteiger partial charge < -0.3 is 19.9 Å². The lowest BCUT2D eigenvalue weighted by Gasteiger charge is -2.30. The summed E-state index contributed by atoms with van der Waals surface area (Å²) in [5.41, 5.74) is 7.21. The molecule has 0 amide bonds. The fraction of sp³-hybridized carbons (Fsp3) is 0.600. The molecule has 1 saturated heterocycles. The molecule has 0 bridgehead atoms. The van der Waals surface area contributed by atoms with Crippen molar-refractivity contribution in [3.8, 4) is 11.5 Å². The molecule has 2 N–H and O–H groups in total. The number of fused-ring (bicyclic) bond motifs is 1. The molecule has 0 aromatic heterocycles. The van der Waals surface area contributed by atoms with E-state index in [0.29, 0.717) is 19.8 Å². The van der Waals surface area contributed by atoms with Crippen LogP contribution in [0.2, 0.25) is 0 Å². The third-order valence-corrected chi connectivity index (χ3v) is 4.51. The van der Waals surface area contributed by atoms with Gasteiger partial charge in [0.1, 0.15) is 13.2 Å². The quantitative estimate of drug-likeness (QED) is 0.896. The molecule has 116 valence electrons. The number of halogens is 1. The molecule has 0 spiro atoms. The molecule has 1 fully saturated rings. The highest BCUT2D eigenvalue weighted by Crippen LogP contribution is 2.40. The van der Waals surface area contributed by atoms with E-state index in [1.54, 1.807) is 0 Å². The predicted molar refractivity (Wildman–Crippen MR) is 83.9 cm³/mol. The van der Waals surface area contributed by atoms with Crippen molar-refractivity contribution < 1.29 is 14.2 Å². The van der Waals surface area contributed by atoms with Gasteiger partial charge in [-0.1, -0.05) is 0 Å². The van der Waals surface area contributed by atoms with Crippen LogP contribution in [0.1, 0.15) is 18.0 Å². The molecule has 5 nitrogen and oxygen atoms in total. The van der Waals surface area contributed by atoms with Crippen LogP contribution in [0.15, 0.2) is 16.6 Å². The monoisotopic (exact) mass is 356 g/mol. The minimum atomic E-state index is 0.179. The molecular weight excluding hydrogens is 336 g/mol. The maximum Gasteiger partial charge on any atom is 0.175 e. The zero-order valence-corrected chi connectivity index (χ0v) is 13.6. The molecule has 1 atom stereocenters. The number of benzene rings is 1. The van der Waals surface area contributed by atoms with Gasteiger partial charge in [-0.05, 0) is 40.0 Å². The van der Waals surface area contributed by atoms with Crippen molar-refractivity contribution in [2.45, 2.75) is 12.5 Å². The Morgan fingerprint density at radius 1 is 1.14 bits per heavy atom. The minimum absolute atomic E-state index is 0.179. The molecule has 1 aromatic rings. The Morgan fingerprint density at radius 2 is 2.00 bits per heavy atom. The van der Waals surface area contributed by atoms with Crippen molar-refractivity contribution in [3.63, 3.8) is 0 Å². The lowest BCUT2D eigenvalue weighted by atomic mass is 10.0. The van der Waals surface area contributed by atoms with Gasteiger partial charge >= 0.3 is 0 Å². The molecule has 1 unspecified atom stereocenters. The maximum atomic E-state index is 6.04. The van der Waals surface area contributed by atoms with E-state index in [0.717, 1.165) is 54.3 Å². The van der Waals surface area contributed by atoms with E-state index in [1.807, 2.05) is 0 Å². The Balaban J connectivity index is 1.87. The second kappa shape index (κ2) is 6.96. The van der Waals surface area contributed by atoms with Gasteiger partial charge in [-0.15, -0.1) is 0 Å². The van der Waals surface area contributed by atoms with E-state index in [4.69, 9.17) is 19.9 Å². The largest absolute Gasteiger partial charge is 0.486 e. The second-order valence-corrected chi connectivity index (χ2v) is 6.13. The summed E-state index contributed by atoms with van der Waals surface area (Å²) in [6.45, 7) is 5.28. The molecule has 2 heterocycles. The normalized spacial score (nSPS) is 20.9. The van der Waals surface area contributed by atoms with Gasteiger partial charge in [0.05, 0.1) is 11.1 Å². The summed E-state index contributed by atoms with van der Waals surface area (Å²) in [7, 11) is 0. The molecular formula is C15H21BrN2O3. The summed E-state index contributed by atoms with van der Waals surface area (Å²) in [4.78, 5) is 2.39. The van der Waals surface area contributed by atoms with E-state index in [2.05, 4.69) is 33.0 Å². The van der Waals surface area contributed by atoms with Crippen molar-refractivity contribution in [3.05, 3.63) is 22.2 Å². The van der Waals surface area contributed by atoms with Gasteiger partial charge in [-0.2, -0.15) is 0 Å². The zero-order chi connectivity index (χ0) is 14.7. The number of hydrogen-bond donors (Lipinski definition) is 1. The van der Waals surface area contributed by atoms with Gasteiger partial charge in [0.2, 0.25) is 0 Å². The molecule has 2 aliphatic heterocycles. The van der Waals surface area contributed by atoms with E-state index in [9.17, 15) is 0 Å². The summed E-state index contributed by atoms with van der Waals surface area (Å²) in [5.74, 6) is 1.59. The Kier molecular flexibility index (Phi) is 5.00. The van der Waals surface area contributed by atoms with Gasteiger partial charge in [0.25, 0.3) is 0 Å². The highest BCUT2D eigenvalue weighted by Gasteiger charge is 2.24. The highest BCUT2D eigenvalue weighted by atomic mass is 79.9. The predicted octanol–water partition coefficient (Wildman–Crippen LogP) is 1.94. The first-order valence-corrected chi connectivity index (χ1v) is 8.20. The zero-order valence-electron chi connectivity index (χ0n) is 12.0. The fourth-order valence-corrected chi connectivity index (χ4v) is 3.47. The first-order valence-electron chi connectivity index (χ1n) is 7.40. The molecule has 21 heavy (non-hydrogen) atoms. The van der Waals surface area contributed by atoms with Crippen LogP contribution in [0.5, 0.6) is 11.5 Å². The Labute approximate surface area is 133 Å². The van der Waals surface area contributed by atoms with Crippen LogP contribution in [0.25, 0.3) is 0 Å². The summed E-state index contributed by atoms with van der Waals surface area (Å²) >= 11 is 3.58. The van der Waals surface area contributed by atoms with Crippen molar-refractivity contribution in [2.75, 3.05) is 46.1 Å². The fourth-order valence-electron chi connectivity index (χ4n) is 2.90. The summed E-state index contributed by atoms with van der Waals surface area (Å²) < 4.78 is 17.8. The number of hydrogen-bond acceptors (Lipinski definition) is 5. The maximum absolute atomic E-state index is 6.04. The van der Waals surface area contributed by atoms with Crippen molar-refractivity contribution in [1.29, 1.82) is 0 Å². The lowest BCUT2D eigenvalue weighted by molar-refractivity contribution is 0.132. The van der Waals surface area contributed by atoms with Crippen LogP contribution >= 0.6 is 15.9 Å². The average Bonchev–Trinajstić information content (AvgIpc) is 2.77. The second-order valence-electron chi connectivity index (χ2n) is 5.28. The molecule has 3 rings (SSSR count). The number of nitrogens with zero attached hydrogens (tertiary/aromatic N) is 1. The van der Waals surface area contributed by atoms with Crippen LogP contribution in [0.3, 0.4) is 0 Å². The van der Waals surface area contributed by atoms with Crippen LogP contribution in [0.4, 0.5) is 0 Å². The number of ether oxygens (including phenoxy) is 3. The van der Waals surface area contributed by atoms with Crippen LogP contribution in [-0.4, -0.2) is 51.0 Å². The smallest absolute Gasteiger partial charge is 0.175 e. The van der Waals surface area contributed by atoms with Gasteiger partial charge in [0.15, 0.2) is 11.5 Å². The first-order chi connectivity index (χ1) is 10.3. The Morgan fingerprint density at radius 3 is 2.86 bits per heavy atom. The minimum Gasteiger partial charge on any atom is -0.486 e. The van der Waals surface area contributed by atoms with E-state index < -0.39 is 0 Å². The van der Waals surface area contributed by atoms with E-state index >= 15 is 0 Å². The molecule has 0 radical (unpaired) electrons. The summed E-state index contributed by atoms with van der Waals surface area (Å²) in [5, 5.41) is 0. The third-order valence-electron chi connectivity index (χ3n) is 3.92. The Hall–Kier alpha value is -0.820. The Bertz CT molecular complexity index is 490. The van der Waals surface area contributed by atoms with Gasteiger partial charge in [-0.3, -0.25) is 4.90 Å². The lowest BCUT2D eigenvalue weighted by Crippen LogP contribution is -2.35. The first kappa shape index (κ1) is 15.1.